The Kier molecular flexibility index (Phi) is 24.0. The topological polar surface area (TPSA) is 249 Å². The molecule has 0 atom stereocenters. The molecule has 3 aromatic heterocycles. The van der Waals surface area contributed by atoms with Gasteiger partial charge in [-0.2, -0.15) is 0 Å². The van der Waals surface area contributed by atoms with Gasteiger partial charge < -0.3 is 63.4 Å². The smallest absolute Gasteiger partial charge is 0.193 e. The third-order valence-corrected chi connectivity index (χ3v) is 10.3. The minimum absolute atomic E-state index is 0.0310. The van der Waals surface area contributed by atoms with Crippen LogP contribution in [0, 0.1) is 0 Å². The fourth-order valence-corrected chi connectivity index (χ4v) is 6.72. The van der Waals surface area contributed by atoms with Crippen LogP contribution in [0.25, 0.3) is 0 Å². The summed E-state index contributed by atoms with van der Waals surface area (Å²) in [6.45, 7) is 20.2. The number of nitrogens with two attached hydrogens (primary N) is 2. The average molecular weight is 822 g/mol. The van der Waals surface area contributed by atoms with Gasteiger partial charge in [0.2, 0.25) is 0 Å². The van der Waals surface area contributed by atoms with Crippen molar-refractivity contribution in [2.45, 2.75) is 33.0 Å². The van der Waals surface area contributed by atoms with Gasteiger partial charge in [0, 0.05) is 193 Å². The van der Waals surface area contributed by atoms with E-state index in [1.54, 1.807) is 0 Å². The van der Waals surface area contributed by atoms with Crippen LogP contribution in [0.1, 0.15) is 13.3 Å². The zero-order valence-electron chi connectivity index (χ0n) is 34.8. The molecule has 3 aromatic rings. The molecule has 0 aliphatic heterocycles. The molecule has 0 aliphatic rings. The quantitative estimate of drug-likeness (QED) is 0.0302. The van der Waals surface area contributed by atoms with Crippen LogP contribution in [-0.2, 0) is 19.6 Å². The summed E-state index contributed by atoms with van der Waals surface area (Å²) in [6.07, 6.45) is 1.05. The number of rotatable bonds is 36. The summed E-state index contributed by atoms with van der Waals surface area (Å²) in [4.78, 5) is 9.64. The lowest BCUT2D eigenvalue weighted by Crippen LogP contribution is -2.47. The molecule has 0 radical (unpaired) electrons. The molecule has 0 spiro atoms. The fourth-order valence-electron chi connectivity index (χ4n) is 6.72. The Morgan fingerprint density at radius 3 is 0.966 bits per heavy atom. The van der Waals surface area contributed by atoms with Gasteiger partial charge in [-0.3, -0.25) is 33.3 Å². The minimum atomic E-state index is 0.0310. The van der Waals surface area contributed by atoms with Crippen molar-refractivity contribution in [1.82, 2.24) is 54.6 Å². The molecule has 0 saturated carbocycles. The molecular formula is C39H75N13O6. The van der Waals surface area contributed by atoms with Crippen molar-refractivity contribution in [3.8, 4) is 35.3 Å². The standard InChI is InChI=1S/C39H75N13O6/c1-2-11-42-14-19-48(30-32-51-36(55)5-6-37(51)56)28-27-47(22-17-45-18-23-50-34(53)3-4-35(50)54)25-24-46(20-15-43-12-9-40)26-29-49(21-16-44-13-10-41)31-33-52-38(57)7-8-39(52)58/h3-8,42-45,53-58H,2,9-33,40-41H2,1H3. The van der Waals surface area contributed by atoms with E-state index in [4.69, 9.17) is 11.5 Å². The third kappa shape index (κ3) is 18.4. The molecular weight excluding hydrogens is 747 g/mol. The zero-order chi connectivity index (χ0) is 42.0. The molecule has 0 fully saturated rings. The lowest BCUT2D eigenvalue weighted by molar-refractivity contribution is 0.157. The van der Waals surface area contributed by atoms with Crippen LogP contribution < -0.4 is 32.7 Å². The first-order valence-corrected chi connectivity index (χ1v) is 21.0. The third-order valence-electron chi connectivity index (χ3n) is 10.3. The first kappa shape index (κ1) is 48.6. The SMILES string of the molecule is CCCNCCN(CCN(CCNCCn1c(O)ccc1O)CCN(CCNCCN)CCN(CCNCCN)CCn1c(O)ccc1O)CCn1c(O)ccc1O. The van der Waals surface area contributed by atoms with Crippen LogP contribution in [0.5, 0.6) is 35.3 Å². The summed E-state index contributed by atoms with van der Waals surface area (Å²) >= 11 is 0. The first-order chi connectivity index (χ1) is 28.2. The molecule has 332 valence electrons. The highest BCUT2D eigenvalue weighted by Crippen LogP contribution is 2.22. The number of hydrogen-bond donors (Lipinski definition) is 12. The van der Waals surface area contributed by atoms with E-state index in [1.165, 1.54) is 50.1 Å². The van der Waals surface area contributed by atoms with Gasteiger partial charge in [-0.1, -0.05) is 6.92 Å². The summed E-state index contributed by atoms with van der Waals surface area (Å²) in [5.74, 6) is 0.232. The van der Waals surface area contributed by atoms with E-state index in [9.17, 15) is 30.6 Å². The highest BCUT2D eigenvalue weighted by Gasteiger charge is 2.16. The molecule has 0 amide bonds. The first-order valence-electron chi connectivity index (χ1n) is 21.0. The molecule has 3 rings (SSSR count). The second kappa shape index (κ2) is 28.6. The predicted molar refractivity (Wildman–Crippen MR) is 229 cm³/mol. The monoisotopic (exact) mass is 822 g/mol. The Hall–Kier alpha value is -3.76. The maximum Gasteiger partial charge on any atom is 0.193 e. The zero-order valence-corrected chi connectivity index (χ0v) is 34.8. The molecule has 19 heteroatoms. The van der Waals surface area contributed by atoms with E-state index in [-0.39, 0.29) is 35.3 Å². The van der Waals surface area contributed by atoms with Crippen LogP contribution >= 0.6 is 0 Å². The van der Waals surface area contributed by atoms with Crippen molar-refractivity contribution >= 4 is 0 Å². The van der Waals surface area contributed by atoms with Crippen molar-refractivity contribution in [3.05, 3.63) is 36.4 Å². The van der Waals surface area contributed by atoms with Crippen molar-refractivity contribution in [2.24, 2.45) is 11.5 Å². The Balaban J connectivity index is 1.68. The number of nitrogens with one attached hydrogen (secondary N) is 4. The molecule has 0 aliphatic carbocycles. The summed E-state index contributed by atoms with van der Waals surface area (Å²) in [5.41, 5.74) is 11.5. The van der Waals surface area contributed by atoms with Crippen molar-refractivity contribution < 1.29 is 30.6 Å². The van der Waals surface area contributed by atoms with Crippen molar-refractivity contribution in [1.29, 1.82) is 0 Å². The van der Waals surface area contributed by atoms with Crippen LogP contribution in [0.15, 0.2) is 36.4 Å². The van der Waals surface area contributed by atoms with Crippen molar-refractivity contribution in [3.63, 3.8) is 0 Å². The number of aromatic nitrogens is 3. The molecule has 0 bridgehead atoms. The molecule has 19 nitrogen and oxygen atoms in total. The second-order valence-corrected chi connectivity index (χ2v) is 14.5. The summed E-state index contributed by atoms with van der Waals surface area (Å²) in [7, 11) is 0. The number of nitrogens with zero attached hydrogens (tertiary/aromatic N) is 7. The van der Waals surface area contributed by atoms with Crippen molar-refractivity contribution in [2.75, 3.05) is 144 Å². The normalized spacial score (nSPS) is 12.1. The van der Waals surface area contributed by atoms with Crippen LogP contribution in [0.3, 0.4) is 0 Å². The molecule has 0 aromatic carbocycles. The Morgan fingerprint density at radius 2 is 0.655 bits per heavy atom. The van der Waals surface area contributed by atoms with Gasteiger partial charge in [-0.05, 0) is 13.0 Å². The molecule has 3 heterocycles. The van der Waals surface area contributed by atoms with E-state index < -0.39 is 0 Å². The number of hydrogen-bond acceptors (Lipinski definition) is 16. The molecule has 14 N–H and O–H groups in total. The highest BCUT2D eigenvalue weighted by atomic mass is 16.3. The summed E-state index contributed by atoms with van der Waals surface area (Å²) in [5, 5.41) is 74.9. The Morgan fingerprint density at radius 1 is 0.379 bits per heavy atom. The van der Waals surface area contributed by atoms with Gasteiger partial charge >= 0.3 is 0 Å². The van der Waals surface area contributed by atoms with E-state index in [0.717, 1.165) is 111 Å². The molecule has 0 unspecified atom stereocenters. The van der Waals surface area contributed by atoms with Gasteiger partial charge in [0.25, 0.3) is 0 Å². The van der Waals surface area contributed by atoms with Crippen LogP contribution in [-0.4, -0.2) is 208 Å². The van der Waals surface area contributed by atoms with Crippen LogP contribution in [0.4, 0.5) is 0 Å². The van der Waals surface area contributed by atoms with Crippen LogP contribution in [0.2, 0.25) is 0 Å². The largest absolute Gasteiger partial charge is 0.494 e. The lowest BCUT2D eigenvalue weighted by atomic mass is 10.3. The predicted octanol–water partition coefficient (Wildman–Crippen LogP) is -1.38. The fraction of sp³-hybridized carbons (Fsp3) is 0.692. The maximum absolute atomic E-state index is 10.3. The summed E-state index contributed by atoms with van der Waals surface area (Å²) < 4.78 is 4.50. The average Bonchev–Trinajstić information content (AvgIpc) is 3.84. The second-order valence-electron chi connectivity index (χ2n) is 14.5. The minimum Gasteiger partial charge on any atom is -0.494 e. The van der Waals surface area contributed by atoms with Gasteiger partial charge in [0.15, 0.2) is 35.3 Å². The van der Waals surface area contributed by atoms with Gasteiger partial charge in [-0.15, -0.1) is 0 Å². The molecule has 0 saturated heterocycles. The molecule has 58 heavy (non-hydrogen) atoms. The van der Waals surface area contributed by atoms with Gasteiger partial charge in [0.05, 0.1) is 0 Å². The summed E-state index contributed by atoms with van der Waals surface area (Å²) in [6, 6.07) is 8.96. The number of aromatic hydroxyl groups is 6. The lowest BCUT2D eigenvalue weighted by Gasteiger charge is -2.32. The Bertz CT molecular complexity index is 1430. The van der Waals surface area contributed by atoms with E-state index in [0.29, 0.717) is 58.9 Å². The van der Waals surface area contributed by atoms with E-state index >= 15 is 0 Å². The highest BCUT2D eigenvalue weighted by molar-refractivity contribution is 5.25. The van der Waals surface area contributed by atoms with Gasteiger partial charge in [0.1, 0.15) is 0 Å². The maximum atomic E-state index is 10.3. The van der Waals surface area contributed by atoms with E-state index in [1.807, 2.05) is 0 Å². The van der Waals surface area contributed by atoms with E-state index in [2.05, 4.69) is 47.8 Å². The Labute approximate surface area is 344 Å². The van der Waals surface area contributed by atoms with Gasteiger partial charge in [-0.25, -0.2) is 0 Å².